The summed E-state index contributed by atoms with van der Waals surface area (Å²) in [5, 5.41) is 5.36. The van der Waals surface area contributed by atoms with Crippen LogP contribution in [0.3, 0.4) is 0 Å². The highest BCUT2D eigenvalue weighted by molar-refractivity contribution is 7.10. The maximum absolute atomic E-state index is 12.2. The van der Waals surface area contributed by atoms with Crippen molar-refractivity contribution in [1.82, 2.24) is 9.97 Å². The van der Waals surface area contributed by atoms with Gasteiger partial charge in [-0.15, -0.1) is 11.3 Å². The number of nitrogens with zero attached hydrogens (tertiary/aromatic N) is 2. The van der Waals surface area contributed by atoms with Gasteiger partial charge in [-0.25, -0.2) is 9.97 Å². The van der Waals surface area contributed by atoms with Crippen LogP contribution in [0.5, 0.6) is 0 Å². The van der Waals surface area contributed by atoms with Crippen molar-refractivity contribution >= 4 is 23.1 Å². The van der Waals surface area contributed by atoms with Crippen LogP contribution >= 0.6 is 11.3 Å². The van der Waals surface area contributed by atoms with Crippen LogP contribution in [0.15, 0.2) is 23.7 Å². The van der Waals surface area contributed by atoms with E-state index in [9.17, 15) is 4.79 Å². The molecule has 20 heavy (non-hydrogen) atoms. The first-order valence-corrected chi connectivity index (χ1v) is 7.86. The van der Waals surface area contributed by atoms with E-state index in [1.165, 1.54) is 17.7 Å². The van der Waals surface area contributed by atoms with Gasteiger partial charge in [0.05, 0.1) is 11.3 Å². The number of Topliss-reactive ketones (excluding diaryl/α,β-unsaturated/α-hetero) is 1. The number of rotatable bonds is 3. The summed E-state index contributed by atoms with van der Waals surface area (Å²) in [7, 11) is 0. The second kappa shape index (κ2) is 4.66. The average molecular weight is 285 g/mol. The molecule has 1 saturated carbocycles. The number of nitrogens with one attached hydrogen (secondary N) is 1. The topological polar surface area (TPSA) is 54.9 Å². The molecule has 2 heterocycles. The molecule has 4 rings (SSSR count). The summed E-state index contributed by atoms with van der Waals surface area (Å²) in [5.74, 6) is 1.12. The van der Waals surface area contributed by atoms with Crippen molar-refractivity contribution in [1.29, 1.82) is 0 Å². The average Bonchev–Trinajstić information content (AvgIpc) is 3.08. The molecule has 1 N–H and O–H groups in total. The van der Waals surface area contributed by atoms with Crippen LogP contribution in [-0.2, 0) is 6.42 Å². The molecular weight excluding hydrogens is 270 g/mol. The van der Waals surface area contributed by atoms with Crippen LogP contribution in [-0.4, -0.2) is 21.8 Å². The highest BCUT2D eigenvalue weighted by atomic mass is 32.1. The van der Waals surface area contributed by atoms with E-state index in [-0.39, 0.29) is 11.7 Å². The Morgan fingerprint density at radius 1 is 1.30 bits per heavy atom. The molecule has 2 aliphatic rings. The number of carbonyl (C=O) groups is 1. The normalized spacial score (nSPS) is 21.6. The number of carbonyl (C=O) groups excluding carboxylic acids is 1. The molecule has 4 nitrogen and oxygen atoms in total. The molecule has 5 heteroatoms. The molecule has 0 aromatic carbocycles. The highest BCUT2D eigenvalue weighted by Crippen LogP contribution is 2.34. The van der Waals surface area contributed by atoms with E-state index in [4.69, 9.17) is 0 Å². The predicted octanol–water partition coefficient (Wildman–Crippen LogP) is 3.03. The van der Waals surface area contributed by atoms with Gasteiger partial charge in [-0.05, 0) is 30.7 Å². The standard InChI is InChI=1S/C15H15N3OS/c19-13-7-9(14-2-1-5-20-14)6-12-11(13)8-16-15(18-12)17-10-3-4-10/h1-2,5,8-10H,3-4,6-7H2,(H,16,17,18)/t9-/m1/s1. The maximum atomic E-state index is 12.2. The molecule has 0 unspecified atom stereocenters. The smallest absolute Gasteiger partial charge is 0.223 e. The fraction of sp³-hybridized carbons (Fsp3) is 0.400. The number of ketones is 1. The van der Waals surface area contributed by atoms with Gasteiger partial charge in [0.15, 0.2) is 5.78 Å². The zero-order valence-electron chi connectivity index (χ0n) is 11.0. The van der Waals surface area contributed by atoms with E-state index in [1.54, 1.807) is 17.5 Å². The van der Waals surface area contributed by atoms with E-state index in [0.29, 0.717) is 24.0 Å². The summed E-state index contributed by atoms with van der Waals surface area (Å²) >= 11 is 1.72. The number of hydrogen-bond acceptors (Lipinski definition) is 5. The summed E-state index contributed by atoms with van der Waals surface area (Å²) in [4.78, 5) is 22.4. The molecule has 0 bridgehead atoms. The second-order valence-corrected chi connectivity index (χ2v) is 6.50. The Hall–Kier alpha value is -1.75. The largest absolute Gasteiger partial charge is 0.351 e. The molecule has 0 amide bonds. The first-order chi connectivity index (χ1) is 9.79. The van der Waals surface area contributed by atoms with Crippen LogP contribution < -0.4 is 5.32 Å². The molecule has 0 saturated heterocycles. The highest BCUT2D eigenvalue weighted by Gasteiger charge is 2.29. The number of aromatic nitrogens is 2. The SMILES string of the molecule is O=C1C[C@H](c2cccs2)Cc2nc(NC3CC3)ncc21. The Bertz CT molecular complexity index is 649. The number of anilines is 1. The lowest BCUT2D eigenvalue weighted by molar-refractivity contribution is 0.0963. The minimum absolute atomic E-state index is 0.169. The Labute approximate surface area is 121 Å². The van der Waals surface area contributed by atoms with Gasteiger partial charge < -0.3 is 5.32 Å². The lowest BCUT2D eigenvalue weighted by atomic mass is 9.86. The van der Waals surface area contributed by atoms with Gasteiger partial charge in [-0.1, -0.05) is 6.07 Å². The predicted molar refractivity (Wildman–Crippen MR) is 78.4 cm³/mol. The summed E-state index contributed by atoms with van der Waals surface area (Å²) in [6, 6.07) is 4.68. The molecule has 0 spiro atoms. The van der Waals surface area contributed by atoms with Gasteiger partial charge in [0.25, 0.3) is 0 Å². The Morgan fingerprint density at radius 2 is 2.20 bits per heavy atom. The van der Waals surface area contributed by atoms with Gasteiger partial charge in [0, 0.05) is 29.5 Å². The summed E-state index contributed by atoms with van der Waals surface area (Å²) in [6.07, 6.45) is 5.49. The second-order valence-electron chi connectivity index (χ2n) is 5.52. The van der Waals surface area contributed by atoms with Gasteiger partial charge >= 0.3 is 0 Å². The van der Waals surface area contributed by atoms with Crippen LogP contribution in [0.2, 0.25) is 0 Å². The Kier molecular flexibility index (Phi) is 2.80. The zero-order chi connectivity index (χ0) is 13.5. The minimum Gasteiger partial charge on any atom is -0.351 e. The van der Waals surface area contributed by atoms with Crippen molar-refractivity contribution in [3.05, 3.63) is 39.8 Å². The van der Waals surface area contributed by atoms with E-state index in [0.717, 1.165) is 12.1 Å². The Morgan fingerprint density at radius 3 is 2.95 bits per heavy atom. The van der Waals surface area contributed by atoms with Gasteiger partial charge in [-0.3, -0.25) is 4.79 Å². The molecule has 2 aromatic rings. The quantitative estimate of drug-likeness (QED) is 0.941. The van der Waals surface area contributed by atoms with Crippen LogP contribution in [0.25, 0.3) is 0 Å². The first-order valence-electron chi connectivity index (χ1n) is 6.98. The lowest BCUT2D eigenvalue weighted by Gasteiger charge is -2.22. The van der Waals surface area contributed by atoms with Crippen LogP contribution in [0.1, 0.15) is 46.1 Å². The van der Waals surface area contributed by atoms with Crippen molar-refractivity contribution in [3.8, 4) is 0 Å². The summed E-state index contributed by atoms with van der Waals surface area (Å²) in [5.41, 5.74) is 1.61. The molecule has 0 aliphatic heterocycles. The van der Waals surface area contributed by atoms with Gasteiger partial charge in [0.1, 0.15) is 0 Å². The number of hydrogen-bond donors (Lipinski definition) is 1. The molecule has 0 radical (unpaired) electrons. The van der Waals surface area contributed by atoms with E-state index in [2.05, 4.69) is 26.7 Å². The summed E-state index contributed by atoms with van der Waals surface area (Å²) in [6.45, 7) is 0. The number of fused-ring (bicyclic) bond motifs is 1. The third kappa shape index (κ3) is 2.22. The molecule has 2 aliphatic carbocycles. The molecule has 1 atom stereocenters. The first kappa shape index (κ1) is 12.0. The lowest BCUT2D eigenvalue weighted by Crippen LogP contribution is -2.21. The van der Waals surface area contributed by atoms with Gasteiger partial charge in [0.2, 0.25) is 5.95 Å². The summed E-state index contributed by atoms with van der Waals surface area (Å²) < 4.78 is 0. The van der Waals surface area contributed by atoms with Crippen LogP contribution in [0, 0.1) is 0 Å². The maximum Gasteiger partial charge on any atom is 0.223 e. The Balaban J connectivity index is 1.64. The van der Waals surface area contributed by atoms with Gasteiger partial charge in [-0.2, -0.15) is 0 Å². The minimum atomic E-state index is 0.169. The van der Waals surface area contributed by atoms with Crippen molar-refractivity contribution in [2.45, 2.75) is 37.6 Å². The number of thiophene rings is 1. The third-order valence-corrected chi connectivity index (χ3v) is 4.93. The molecular formula is C15H15N3OS. The zero-order valence-corrected chi connectivity index (χ0v) is 11.8. The fourth-order valence-electron chi connectivity index (χ4n) is 2.65. The third-order valence-electron chi connectivity index (χ3n) is 3.90. The molecule has 2 aromatic heterocycles. The van der Waals surface area contributed by atoms with Crippen LogP contribution in [0.4, 0.5) is 5.95 Å². The van der Waals surface area contributed by atoms with Crippen molar-refractivity contribution in [3.63, 3.8) is 0 Å². The van der Waals surface area contributed by atoms with Crippen molar-refractivity contribution < 1.29 is 4.79 Å². The van der Waals surface area contributed by atoms with Crippen molar-refractivity contribution in [2.24, 2.45) is 0 Å². The van der Waals surface area contributed by atoms with Crippen molar-refractivity contribution in [2.75, 3.05) is 5.32 Å². The fourth-order valence-corrected chi connectivity index (χ4v) is 3.48. The molecule has 102 valence electrons. The monoisotopic (exact) mass is 285 g/mol. The van der Waals surface area contributed by atoms with E-state index < -0.39 is 0 Å². The van der Waals surface area contributed by atoms with E-state index >= 15 is 0 Å². The van der Waals surface area contributed by atoms with E-state index in [1.807, 2.05) is 6.07 Å². The molecule has 1 fully saturated rings.